The van der Waals surface area contributed by atoms with Crippen LogP contribution in [0.3, 0.4) is 0 Å². The fraction of sp³-hybridized carbons (Fsp3) is 0.250. The highest BCUT2D eigenvalue weighted by Gasteiger charge is 1.96. The normalized spacial score (nSPS) is 9.90. The first kappa shape index (κ1) is 7.96. The Morgan fingerprint density at radius 3 is 2.60 bits per heavy atom. The number of benzene rings is 1. The molecule has 1 aromatic rings. The molecule has 1 aromatic carbocycles. The summed E-state index contributed by atoms with van der Waals surface area (Å²) in [6.07, 6.45) is 2.02. The lowest BCUT2D eigenvalue weighted by Crippen LogP contribution is -1.74. The molecule has 0 spiro atoms. The third kappa shape index (κ3) is 1.68. The Labute approximate surface area is 70.6 Å². The summed E-state index contributed by atoms with van der Waals surface area (Å²) < 4.78 is 0. The van der Waals surface area contributed by atoms with Gasteiger partial charge in [-0.15, -0.1) is 11.8 Å². The Morgan fingerprint density at radius 1 is 1.40 bits per heavy atom. The maximum absolute atomic E-state index is 5.91. The van der Waals surface area contributed by atoms with Crippen LogP contribution in [0.2, 0.25) is 5.02 Å². The van der Waals surface area contributed by atoms with Gasteiger partial charge in [0.25, 0.3) is 0 Å². The van der Waals surface area contributed by atoms with E-state index in [0.717, 1.165) is 9.92 Å². The zero-order valence-electron chi connectivity index (χ0n) is 6.02. The second-order valence-corrected chi connectivity index (χ2v) is 3.39. The van der Waals surface area contributed by atoms with Crippen molar-refractivity contribution in [2.24, 2.45) is 0 Å². The van der Waals surface area contributed by atoms with Gasteiger partial charge in [0.05, 0.1) is 5.02 Å². The van der Waals surface area contributed by atoms with Crippen LogP contribution >= 0.6 is 23.4 Å². The van der Waals surface area contributed by atoms with E-state index in [0.29, 0.717) is 0 Å². The Balaban J connectivity index is 3.07. The molecule has 0 amide bonds. The predicted molar refractivity (Wildman–Crippen MR) is 48.0 cm³/mol. The van der Waals surface area contributed by atoms with Crippen molar-refractivity contribution in [1.29, 1.82) is 0 Å². The molecule has 0 bridgehead atoms. The molecular weight excluding hydrogens is 164 g/mol. The number of rotatable bonds is 1. The van der Waals surface area contributed by atoms with E-state index in [1.54, 1.807) is 11.8 Å². The molecule has 54 valence electrons. The van der Waals surface area contributed by atoms with Gasteiger partial charge in [-0.1, -0.05) is 17.7 Å². The standard InChI is InChI=1S/C8H9ClS/c1-6-3-4-8(10-2)7(9)5-6/h3-5H,1-2H3. The van der Waals surface area contributed by atoms with Crippen molar-refractivity contribution in [3.8, 4) is 0 Å². The van der Waals surface area contributed by atoms with Gasteiger partial charge < -0.3 is 0 Å². The topological polar surface area (TPSA) is 0 Å². The lowest BCUT2D eigenvalue weighted by atomic mass is 10.2. The molecule has 0 N–H and O–H groups in total. The molecule has 0 aliphatic rings. The third-order valence-corrected chi connectivity index (χ3v) is 2.53. The maximum atomic E-state index is 5.91. The molecule has 0 radical (unpaired) electrons. The summed E-state index contributed by atoms with van der Waals surface area (Å²) in [5.41, 5.74) is 1.21. The smallest absolute Gasteiger partial charge is 0.0544 e. The maximum Gasteiger partial charge on any atom is 0.0544 e. The van der Waals surface area contributed by atoms with Crippen LogP contribution in [0.4, 0.5) is 0 Å². The minimum absolute atomic E-state index is 0.854. The van der Waals surface area contributed by atoms with Crippen molar-refractivity contribution >= 4 is 23.4 Å². The van der Waals surface area contributed by atoms with Crippen molar-refractivity contribution in [2.45, 2.75) is 11.8 Å². The van der Waals surface area contributed by atoms with E-state index in [2.05, 4.69) is 6.07 Å². The summed E-state index contributed by atoms with van der Waals surface area (Å²) in [7, 11) is 0. The molecule has 0 aliphatic heterocycles. The molecule has 0 saturated heterocycles. The lowest BCUT2D eigenvalue weighted by Gasteiger charge is -1.99. The van der Waals surface area contributed by atoms with Crippen LogP contribution in [0, 0.1) is 6.92 Å². The van der Waals surface area contributed by atoms with Crippen molar-refractivity contribution < 1.29 is 0 Å². The van der Waals surface area contributed by atoms with E-state index in [1.807, 2.05) is 25.3 Å². The summed E-state index contributed by atoms with van der Waals surface area (Å²) in [6, 6.07) is 6.09. The molecule has 0 atom stereocenters. The van der Waals surface area contributed by atoms with Crippen LogP contribution in [0.5, 0.6) is 0 Å². The summed E-state index contributed by atoms with van der Waals surface area (Å²) >= 11 is 7.58. The average Bonchev–Trinajstić information content (AvgIpc) is 1.88. The second-order valence-electron chi connectivity index (χ2n) is 2.14. The Hall–Kier alpha value is -0.140. The van der Waals surface area contributed by atoms with E-state index >= 15 is 0 Å². The van der Waals surface area contributed by atoms with Gasteiger partial charge in [0, 0.05) is 4.90 Å². The van der Waals surface area contributed by atoms with E-state index in [4.69, 9.17) is 11.6 Å². The fourth-order valence-electron chi connectivity index (χ4n) is 0.771. The van der Waals surface area contributed by atoms with Crippen molar-refractivity contribution in [3.63, 3.8) is 0 Å². The minimum Gasteiger partial charge on any atom is -0.128 e. The molecule has 0 unspecified atom stereocenters. The van der Waals surface area contributed by atoms with E-state index in [9.17, 15) is 0 Å². The quantitative estimate of drug-likeness (QED) is 0.586. The Bertz CT molecular complexity index is 233. The lowest BCUT2D eigenvalue weighted by molar-refractivity contribution is 1.38. The van der Waals surface area contributed by atoms with Gasteiger partial charge in [0.15, 0.2) is 0 Å². The number of hydrogen-bond acceptors (Lipinski definition) is 1. The summed E-state index contributed by atoms with van der Waals surface area (Å²) in [5, 5.41) is 0.854. The van der Waals surface area contributed by atoms with Crippen LogP contribution in [0.1, 0.15) is 5.56 Å². The summed E-state index contributed by atoms with van der Waals surface area (Å²) in [6.45, 7) is 2.04. The van der Waals surface area contributed by atoms with Crippen LogP contribution in [0.25, 0.3) is 0 Å². The summed E-state index contributed by atoms with van der Waals surface area (Å²) in [4.78, 5) is 1.15. The number of thioether (sulfide) groups is 1. The van der Waals surface area contributed by atoms with Crippen molar-refractivity contribution in [3.05, 3.63) is 28.8 Å². The molecule has 0 saturated carbocycles. The Kier molecular flexibility index (Phi) is 2.64. The zero-order valence-corrected chi connectivity index (χ0v) is 7.59. The summed E-state index contributed by atoms with van der Waals surface area (Å²) in [5.74, 6) is 0. The average molecular weight is 173 g/mol. The number of hydrogen-bond donors (Lipinski definition) is 0. The van der Waals surface area contributed by atoms with Gasteiger partial charge >= 0.3 is 0 Å². The number of halogens is 1. The highest BCUT2D eigenvalue weighted by Crippen LogP contribution is 2.25. The van der Waals surface area contributed by atoms with E-state index in [-0.39, 0.29) is 0 Å². The molecule has 0 aromatic heterocycles. The molecule has 10 heavy (non-hydrogen) atoms. The van der Waals surface area contributed by atoms with Crippen molar-refractivity contribution in [2.75, 3.05) is 6.26 Å². The van der Waals surface area contributed by atoms with Gasteiger partial charge in [0.2, 0.25) is 0 Å². The van der Waals surface area contributed by atoms with Crippen molar-refractivity contribution in [1.82, 2.24) is 0 Å². The highest BCUT2D eigenvalue weighted by molar-refractivity contribution is 7.98. The monoisotopic (exact) mass is 172 g/mol. The molecular formula is C8H9ClS. The first-order valence-corrected chi connectivity index (χ1v) is 4.64. The van der Waals surface area contributed by atoms with E-state index in [1.165, 1.54) is 5.56 Å². The van der Waals surface area contributed by atoms with Gasteiger partial charge in [-0.2, -0.15) is 0 Å². The first-order valence-electron chi connectivity index (χ1n) is 3.04. The van der Waals surface area contributed by atoms with Crippen LogP contribution in [-0.2, 0) is 0 Å². The fourth-order valence-corrected chi connectivity index (χ4v) is 1.70. The second kappa shape index (κ2) is 3.31. The predicted octanol–water partition coefficient (Wildman–Crippen LogP) is 3.37. The minimum atomic E-state index is 0.854. The SMILES string of the molecule is CSc1ccc(C)cc1Cl. The molecule has 2 heteroatoms. The van der Waals surface area contributed by atoms with Gasteiger partial charge in [-0.3, -0.25) is 0 Å². The van der Waals surface area contributed by atoms with Crippen LogP contribution < -0.4 is 0 Å². The van der Waals surface area contributed by atoms with E-state index < -0.39 is 0 Å². The molecule has 0 nitrogen and oxygen atoms in total. The van der Waals surface area contributed by atoms with Gasteiger partial charge in [-0.05, 0) is 30.9 Å². The first-order chi connectivity index (χ1) is 4.74. The molecule has 0 heterocycles. The molecule has 1 rings (SSSR count). The number of aryl methyl sites for hydroxylation is 1. The zero-order chi connectivity index (χ0) is 7.56. The largest absolute Gasteiger partial charge is 0.128 e. The van der Waals surface area contributed by atoms with Crippen LogP contribution in [-0.4, -0.2) is 6.26 Å². The Morgan fingerprint density at radius 2 is 2.10 bits per heavy atom. The van der Waals surface area contributed by atoms with Gasteiger partial charge in [0.1, 0.15) is 0 Å². The third-order valence-electron chi connectivity index (χ3n) is 1.31. The highest BCUT2D eigenvalue weighted by atomic mass is 35.5. The van der Waals surface area contributed by atoms with Crippen LogP contribution in [0.15, 0.2) is 23.1 Å². The van der Waals surface area contributed by atoms with Gasteiger partial charge in [-0.25, -0.2) is 0 Å². The molecule has 0 aliphatic carbocycles. The molecule has 0 fully saturated rings.